The molecule has 0 aliphatic rings. The van der Waals surface area contributed by atoms with Crippen molar-refractivity contribution in [3.63, 3.8) is 0 Å². The first-order valence-electron chi connectivity index (χ1n) is 10.4. The average Bonchev–Trinajstić information content (AvgIpc) is 3.29. The van der Waals surface area contributed by atoms with Crippen molar-refractivity contribution in [2.45, 2.75) is 9.79 Å². The second-order valence-electron chi connectivity index (χ2n) is 7.36. The van der Waals surface area contributed by atoms with E-state index in [2.05, 4.69) is 28.2 Å². The summed E-state index contributed by atoms with van der Waals surface area (Å²) in [5, 5.41) is 3.34. The van der Waals surface area contributed by atoms with Gasteiger partial charge in [0.2, 0.25) is 0 Å². The fourth-order valence-electron chi connectivity index (χ4n) is 3.63. The van der Waals surface area contributed by atoms with E-state index < -0.39 is 0 Å². The van der Waals surface area contributed by atoms with E-state index in [1.54, 1.807) is 11.3 Å². The van der Waals surface area contributed by atoms with Gasteiger partial charge in [-0.3, -0.25) is 4.98 Å². The number of pyridine rings is 1. The molecule has 0 aliphatic carbocycles. The van der Waals surface area contributed by atoms with Gasteiger partial charge in [-0.15, -0.1) is 11.3 Å². The summed E-state index contributed by atoms with van der Waals surface area (Å²) in [6.45, 7) is 0. The molecule has 6 rings (SSSR count). The molecular weight excluding hydrogens is 526 g/mol. The summed E-state index contributed by atoms with van der Waals surface area (Å²) in [5.41, 5.74) is 4.09. The largest absolute Gasteiger partial charge is 2.00 e. The molecule has 0 saturated carbocycles. The van der Waals surface area contributed by atoms with E-state index in [4.69, 9.17) is 25.3 Å². The minimum absolute atomic E-state index is 0. The summed E-state index contributed by atoms with van der Waals surface area (Å²) in [6.07, 6.45) is 1.83. The summed E-state index contributed by atoms with van der Waals surface area (Å²) in [4.78, 5) is 10.8. The van der Waals surface area contributed by atoms with Crippen LogP contribution >= 0.6 is 11.3 Å². The van der Waals surface area contributed by atoms with Crippen molar-refractivity contribution in [1.82, 2.24) is 9.97 Å². The normalized spacial score (nSPS) is 10.4. The van der Waals surface area contributed by atoms with Crippen molar-refractivity contribution in [2.24, 2.45) is 0 Å². The number of fused-ring (bicyclic) bond motifs is 2. The van der Waals surface area contributed by atoms with Crippen LogP contribution in [0.3, 0.4) is 0 Å². The number of hydrogen-bond donors (Lipinski definition) is 0. The van der Waals surface area contributed by atoms with Gasteiger partial charge in [0.15, 0.2) is 0 Å². The molecule has 6 aromatic rings. The maximum Gasteiger partial charge on any atom is 2.00 e. The second-order valence-corrected chi connectivity index (χ2v) is 9.27. The van der Waals surface area contributed by atoms with Crippen LogP contribution in [0.2, 0.25) is 0 Å². The number of benzene rings is 4. The summed E-state index contributed by atoms with van der Waals surface area (Å²) in [6, 6.07) is 34.2. The van der Waals surface area contributed by atoms with Gasteiger partial charge in [-0.25, -0.2) is 4.98 Å². The topological polar surface area (TPSA) is 25.8 Å². The molecule has 0 bridgehead atoms. The van der Waals surface area contributed by atoms with Crippen molar-refractivity contribution >= 4 is 57.6 Å². The molecule has 0 atom stereocenters. The van der Waals surface area contributed by atoms with Crippen LogP contribution in [0.15, 0.2) is 119 Å². The van der Waals surface area contributed by atoms with Crippen LogP contribution in [0.4, 0.5) is 0 Å². The fraction of sp³-hybridized carbons (Fsp3) is 0. The Hall–Kier alpha value is -2.76. The Bertz CT molecular complexity index is 1520. The smallest absolute Gasteiger partial charge is 0.779 e. The van der Waals surface area contributed by atoms with E-state index in [-0.39, 0.29) is 19.5 Å². The predicted molar refractivity (Wildman–Crippen MR) is 143 cm³/mol. The first-order valence-corrected chi connectivity index (χ1v) is 12.1. The number of thiazole rings is 1. The monoisotopic (exact) mass is 542 g/mol. The third-order valence-corrected chi connectivity index (χ3v) is 7.01. The van der Waals surface area contributed by atoms with E-state index >= 15 is 0 Å². The third-order valence-electron chi connectivity index (χ3n) is 5.23. The molecule has 0 spiro atoms. The van der Waals surface area contributed by atoms with Crippen LogP contribution in [0.25, 0.3) is 42.8 Å². The zero-order valence-corrected chi connectivity index (χ0v) is 23.6. The molecule has 0 radical (unpaired) electrons. The third kappa shape index (κ3) is 5.16. The second kappa shape index (κ2) is 11.1. The molecule has 4 aromatic carbocycles. The van der Waals surface area contributed by atoms with Crippen LogP contribution in [-0.4, -0.2) is 9.97 Å². The Balaban J connectivity index is 0.000000157. The maximum absolute atomic E-state index is 5.36. The molecule has 34 heavy (non-hydrogen) atoms. The Kier molecular flexibility index (Phi) is 7.97. The Labute approximate surface area is 226 Å². The van der Waals surface area contributed by atoms with Crippen molar-refractivity contribution in [3.8, 4) is 21.8 Å². The van der Waals surface area contributed by atoms with Gasteiger partial charge in [0, 0.05) is 11.6 Å². The molecule has 160 valence electrons. The van der Waals surface area contributed by atoms with Crippen molar-refractivity contribution < 1.29 is 19.5 Å². The summed E-state index contributed by atoms with van der Waals surface area (Å²) in [5.74, 6) is 0. The first-order chi connectivity index (χ1) is 16.2. The van der Waals surface area contributed by atoms with E-state index in [1.165, 1.54) is 10.1 Å². The number of hydrogen-bond acceptors (Lipinski definition) is 5. The van der Waals surface area contributed by atoms with E-state index in [0.717, 1.165) is 42.5 Å². The molecule has 0 aliphatic heterocycles. The molecule has 0 saturated heterocycles. The van der Waals surface area contributed by atoms with Crippen LogP contribution in [-0.2, 0) is 44.7 Å². The molecule has 6 heteroatoms. The number of para-hydroxylation sites is 1. The Morgan fingerprint density at radius 1 is 0.618 bits per heavy atom. The van der Waals surface area contributed by atoms with Gasteiger partial charge in [-0.2, -0.15) is 9.79 Å². The Morgan fingerprint density at radius 2 is 1.24 bits per heavy atom. The van der Waals surface area contributed by atoms with E-state index in [0.29, 0.717) is 0 Å². The standard InChI is InChI=1S/C15H11NS.C13H9NS2.Zn/c17-14-8-4-3-7-13(14)15-12-6-2-1-5-11(12)9-10-16-15;15-11-7-3-1-5-9(11)13-14-10-6-2-4-8-12(10)16-13;/h1-10,17H;1-8,15H;/q;;+2/p-2. The zero-order chi connectivity index (χ0) is 22.6. The molecule has 0 N–H and O–H groups in total. The van der Waals surface area contributed by atoms with Crippen molar-refractivity contribution in [1.29, 1.82) is 0 Å². The van der Waals surface area contributed by atoms with Gasteiger partial charge < -0.3 is 25.3 Å². The number of rotatable bonds is 2. The molecule has 2 heterocycles. The molecular formula is C28H18N2S3Zn. The fourth-order valence-corrected chi connectivity index (χ4v) is 5.18. The van der Waals surface area contributed by atoms with Gasteiger partial charge in [0.1, 0.15) is 5.01 Å². The van der Waals surface area contributed by atoms with Crippen LogP contribution < -0.4 is 0 Å². The minimum atomic E-state index is 0. The van der Waals surface area contributed by atoms with Gasteiger partial charge in [0.25, 0.3) is 0 Å². The van der Waals surface area contributed by atoms with Crippen molar-refractivity contribution in [3.05, 3.63) is 109 Å². The van der Waals surface area contributed by atoms with Gasteiger partial charge in [-0.1, -0.05) is 84.9 Å². The zero-order valence-electron chi connectivity index (χ0n) is 18.2. The van der Waals surface area contributed by atoms with Crippen LogP contribution in [0.1, 0.15) is 0 Å². The Morgan fingerprint density at radius 3 is 1.97 bits per heavy atom. The molecule has 2 nitrogen and oxygen atoms in total. The van der Waals surface area contributed by atoms with Crippen LogP contribution in [0, 0.1) is 0 Å². The predicted octanol–water partition coefficient (Wildman–Crippen LogP) is 7.67. The molecule has 0 fully saturated rings. The first kappa shape index (κ1) is 24.4. The summed E-state index contributed by atoms with van der Waals surface area (Å²) in [7, 11) is 0. The number of nitrogens with zero attached hydrogens (tertiary/aromatic N) is 2. The quantitative estimate of drug-likeness (QED) is 0.165. The minimum Gasteiger partial charge on any atom is -0.779 e. The van der Waals surface area contributed by atoms with Gasteiger partial charge in [-0.05, 0) is 34.7 Å². The van der Waals surface area contributed by atoms with E-state index in [9.17, 15) is 0 Å². The SMILES string of the molecule is [S-]c1ccccc1-c1nc2ccccc2s1.[S-]c1ccccc1-c1nccc2ccccc12.[Zn+2]. The summed E-state index contributed by atoms with van der Waals surface area (Å²) < 4.78 is 1.20. The van der Waals surface area contributed by atoms with Crippen molar-refractivity contribution in [2.75, 3.05) is 0 Å². The van der Waals surface area contributed by atoms with Gasteiger partial charge in [0.05, 0.1) is 15.9 Å². The summed E-state index contributed by atoms with van der Waals surface area (Å²) >= 11 is 12.3. The average molecular weight is 544 g/mol. The maximum atomic E-state index is 5.36. The molecule has 0 unspecified atom stereocenters. The van der Waals surface area contributed by atoms with Gasteiger partial charge >= 0.3 is 19.5 Å². The van der Waals surface area contributed by atoms with Crippen LogP contribution in [0.5, 0.6) is 0 Å². The molecule has 2 aromatic heterocycles. The number of aromatic nitrogens is 2. The molecule has 0 amide bonds. The van der Waals surface area contributed by atoms with E-state index in [1.807, 2.05) is 91.1 Å².